The fourth-order valence-electron chi connectivity index (χ4n) is 7.36. The molecule has 7 atom stereocenters. The van der Waals surface area contributed by atoms with Crippen LogP contribution in [0.5, 0.6) is 0 Å². The Kier molecular flexibility index (Phi) is 9.66. The number of anilines is 1. The maximum absolute atomic E-state index is 14.8. The van der Waals surface area contributed by atoms with Gasteiger partial charge in [0.1, 0.15) is 6.04 Å². The van der Waals surface area contributed by atoms with Crippen LogP contribution in [0.4, 0.5) is 5.69 Å². The lowest BCUT2D eigenvalue weighted by molar-refractivity contribution is -0.147. The van der Waals surface area contributed by atoms with Crippen molar-refractivity contribution in [1.29, 1.82) is 0 Å². The minimum absolute atomic E-state index is 0.0483. The fourth-order valence-corrected chi connectivity index (χ4v) is 9.93. The van der Waals surface area contributed by atoms with Gasteiger partial charge in [-0.1, -0.05) is 63.1 Å². The molecule has 2 unspecified atom stereocenters. The zero-order chi connectivity index (χ0) is 30.1. The lowest BCUT2D eigenvalue weighted by Gasteiger charge is -2.41. The molecule has 3 saturated heterocycles. The Morgan fingerprint density at radius 1 is 1.20 bits per heavy atom. The number of thioether (sulfide) groups is 1. The SMILES string of the molecule is C=CCN(CCC)C(=O)[C@H]1[C@H]2C(=O)N([C@@H](CO)[C@@H](C)CC)C(C(=O)N(CC=C)c3ccccc3Cl)C23CC[C@]1(C)S3. The van der Waals surface area contributed by atoms with E-state index in [1.54, 1.807) is 50.7 Å². The van der Waals surface area contributed by atoms with E-state index in [1.807, 2.05) is 32.9 Å². The molecule has 0 aliphatic carbocycles. The number of nitrogens with zero attached hydrogens (tertiary/aromatic N) is 3. The summed E-state index contributed by atoms with van der Waals surface area (Å²) in [5.41, 5.74) is 0.548. The Morgan fingerprint density at radius 3 is 2.46 bits per heavy atom. The molecule has 3 aliphatic rings. The van der Waals surface area contributed by atoms with Crippen LogP contribution in [-0.2, 0) is 14.4 Å². The molecular weight excluding hydrogens is 558 g/mol. The van der Waals surface area contributed by atoms with Crippen molar-refractivity contribution in [3.63, 3.8) is 0 Å². The molecule has 1 aromatic rings. The fraction of sp³-hybridized carbons (Fsp3) is 0.594. The molecule has 3 heterocycles. The third kappa shape index (κ3) is 5.14. The first-order valence-corrected chi connectivity index (χ1v) is 16.0. The number of hydrogen-bond donors (Lipinski definition) is 1. The summed E-state index contributed by atoms with van der Waals surface area (Å²) in [5, 5.41) is 11.1. The van der Waals surface area contributed by atoms with E-state index < -0.39 is 33.4 Å². The summed E-state index contributed by atoms with van der Waals surface area (Å²) in [7, 11) is 0. The highest BCUT2D eigenvalue weighted by molar-refractivity contribution is 8.02. The second kappa shape index (κ2) is 12.5. The summed E-state index contributed by atoms with van der Waals surface area (Å²) >= 11 is 8.23. The van der Waals surface area contributed by atoms with Crippen LogP contribution in [0.3, 0.4) is 0 Å². The molecule has 7 nitrogen and oxygen atoms in total. The predicted octanol–water partition coefficient (Wildman–Crippen LogP) is 5.17. The lowest BCUT2D eigenvalue weighted by Crippen LogP contribution is -2.58. The number of amides is 3. The van der Waals surface area contributed by atoms with Gasteiger partial charge >= 0.3 is 0 Å². The molecular formula is C32H44ClN3O4S. The van der Waals surface area contributed by atoms with Crippen molar-refractivity contribution in [2.75, 3.05) is 31.1 Å². The number of likely N-dealkylation sites (tertiary alicyclic amines) is 1. The summed E-state index contributed by atoms with van der Waals surface area (Å²) in [6, 6.07) is 5.76. The van der Waals surface area contributed by atoms with Crippen molar-refractivity contribution in [2.45, 2.75) is 75.0 Å². The zero-order valence-corrected chi connectivity index (χ0v) is 26.3. The average molecular weight is 602 g/mol. The van der Waals surface area contributed by atoms with E-state index in [2.05, 4.69) is 20.1 Å². The van der Waals surface area contributed by atoms with Gasteiger partial charge in [-0.25, -0.2) is 0 Å². The number of fused-ring (bicyclic) bond motifs is 1. The van der Waals surface area contributed by atoms with Crippen molar-refractivity contribution in [1.82, 2.24) is 9.80 Å². The van der Waals surface area contributed by atoms with Crippen molar-refractivity contribution in [2.24, 2.45) is 17.8 Å². The van der Waals surface area contributed by atoms with Gasteiger partial charge in [0, 0.05) is 24.4 Å². The van der Waals surface area contributed by atoms with E-state index in [4.69, 9.17) is 11.6 Å². The predicted molar refractivity (Wildman–Crippen MR) is 167 cm³/mol. The third-order valence-corrected chi connectivity index (χ3v) is 11.7. The Morgan fingerprint density at radius 2 is 1.88 bits per heavy atom. The van der Waals surface area contributed by atoms with Gasteiger partial charge < -0.3 is 19.8 Å². The molecule has 41 heavy (non-hydrogen) atoms. The van der Waals surface area contributed by atoms with Crippen LogP contribution in [0, 0.1) is 17.8 Å². The van der Waals surface area contributed by atoms with Gasteiger partial charge in [0.2, 0.25) is 11.8 Å². The number of aliphatic hydroxyl groups excluding tert-OH is 1. The van der Waals surface area contributed by atoms with Gasteiger partial charge in [-0.2, -0.15) is 0 Å². The number of aliphatic hydroxyl groups is 1. The first-order chi connectivity index (χ1) is 19.6. The smallest absolute Gasteiger partial charge is 0.251 e. The first-order valence-electron chi connectivity index (χ1n) is 14.8. The molecule has 3 fully saturated rings. The second-order valence-corrected chi connectivity index (χ2v) is 14.2. The number of carbonyl (C=O) groups excluding carboxylic acids is 3. The van der Waals surface area contributed by atoms with E-state index in [9.17, 15) is 19.5 Å². The minimum atomic E-state index is -0.856. The molecule has 2 bridgehead atoms. The van der Waals surface area contributed by atoms with E-state index in [0.29, 0.717) is 30.2 Å². The molecule has 3 amide bonds. The average Bonchev–Trinajstić information content (AvgIpc) is 3.52. The molecule has 0 radical (unpaired) electrons. The molecule has 3 aliphatic heterocycles. The summed E-state index contributed by atoms with van der Waals surface area (Å²) in [6.45, 7) is 16.8. The molecule has 1 aromatic carbocycles. The van der Waals surface area contributed by atoms with Crippen LogP contribution in [0.1, 0.15) is 53.4 Å². The van der Waals surface area contributed by atoms with Gasteiger partial charge in [0.05, 0.1) is 39.9 Å². The second-order valence-electron chi connectivity index (χ2n) is 11.9. The highest BCUT2D eigenvalue weighted by Gasteiger charge is 2.78. The van der Waals surface area contributed by atoms with Crippen molar-refractivity contribution >= 4 is 46.8 Å². The van der Waals surface area contributed by atoms with Gasteiger partial charge in [-0.3, -0.25) is 14.4 Å². The monoisotopic (exact) mass is 601 g/mol. The van der Waals surface area contributed by atoms with Crippen LogP contribution in [-0.4, -0.2) is 80.4 Å². The number of halogens is 1. The molecule has 9 heteroatoms. The standard InChI is InChI=1S/C32H44ClN3O4S/c1-7-17-34(18-8-2)28(38)25-26-29(39)36(24(20-37)21(5)10-4)27(32(26)16-15-31(25,6)41-32)30(40)35(19-9-3)23-14-12-11-13-22(23)33/h7,9,11-14,21,24-27,37H,1,3,8,10,15-20H2,2,4-6H3/t21-,24-,25+,26-,27?,31-,32?/m0/s1. The van der Waals surface area contributed by atoms with Gasteiger partial charge in [-0.05, 0) is 44.2 Å². The van der Waals surface area contributed by atoms with Crippen molar-refractivity contribution in [3.05, 3.63) is 54.6 Å². The van der Waals surface area contributed by atoms with Crippen LogP contribution in [0.25, 0.3) is 0 Å². The van der Waals surface area contributed by atoms with Crippen molar-refractivity contribution < 1.29 is 19.5 Å². The van der Waals surface area contributed by atoms with Crippen molar-refractivity contribution in [3.8, 4) is 0 Å². The maximum atomic E-state index is 14.8. The topological polar surface area (TPSA) is 81.2 Å². The van der Waals surface area contributed by atoms with Gasteiger partial charge in [0.25, 0.3) is 5.91 Å². The molecule has 0 aromatic heterocycles. The van der Waals surface area contributed by atoms with Gasteiger partial charge in [0.15, 0.2) is 0 Å². The Bertz CT molecular complexity index is 1200. The molecule has 224 valence electrons. The number of carbonyl (C=O) groups is 3. The minimum Gasteiger partial charge on any atom is -0.394 e. The van der Waals surface area contributed by atoms with E-state index in [0.717, 1.165) is 19.3 Å². The van der Waals surface area contributed by atoms with Crippen LogP contribution >= 0.6 is 23.4 Å². The normalized spacial score (nSPS) is 29.7. The number of benzene rings is 1. The number of hydrogen-bond acceptors (Lipinski definition) is 5. The summed E-state index contributed by atoms with van der Waals surface area (Å²) < 4.78 is -1.27. The lowest BCUT2D eigenvalue weighted by atomic mass is 9.66. The summed E-state index contributed by atoms with van der Waals surface area (Å²) in [6.07, 6.45) is 6.26. The first kappa shape index (κ1) is 31.6. The number of rotatable bonds is 13. The largest absolute Gasteiger partial charge is 0.394 e. The highest BCUT2D eigenvalue weighted by atomic mass is 35.5. The Labute approximate surface area is 254 Å². The summed E-state index contributed by atoms with van der Waals surface area (Å²) in [5.74, 6) is -1.78. The van der Waals surface area contributed by atoms with E-state index >= 15 is 0 Å². The van der Waals surface area contributed by atoms with Crippen LogP contribution in [0.2, 0.25) is 5.02 Å². The zero-order valence-electron chi connectivity index (χ0n) is 24.7. The van der Waals surface area contributed by atoms with Gasteiger partial charge in [-0.15, -0.1) is 24.9 Å². The third-order valence-electron chi connectivity index (χ3n) is 9.44. The quantitative estimate of drug-likeness (QED) is 0.316. The Hall–Kier alpha value is -2.29. The van der Waals surface area contributed by atoms with Crippen LogP contribution in [0.15, 0.2) is 49.6 Å². The molecule has 0 saturated carbocycles. The number of para-hydroxylation sites is 1. The summed E-state index contributed by atoms with van der Waals surface area (Å²) in [4.78, 5) is 48.8. The highest BCUT2D eigenvalue weighted by Crippen LogP contribution is 2.72. The Balaban J connectivity index is 1.88. The molecule has 1 spiro atoms. The van der Waals surface area contributed by atoms with E-state index in [1.165, 1.54) is 0 Å². The molecule has 1 N–H and O–H groups in total. The van der Waals surface area contributed by atoms with Crippen LogP contribution < -0.4 is 4.90 Å². The maximum Gasteiger partial charge on any atom is 0.251 e. The van der Waals surface area contributed by atoms with E-state index in [-0.39, 0.29) is 36.8 Å². The molecule has 4 rings (SSSR count).